The Labute approximate surface area is 495 Å². The van der Waals surface area contributed by atoms with Crippen LogP contribution in [0.2, 0.25) is 0 Å². The maximum absolute atomic E-state index is 14.8. The number of nitrogens with one attached hydrogen (secondary N) is 1. The highest BCUT2D eigenvalue weighted by Crippen LogP contribution is 2.42. The molecule has 1 aromatic carbocycles. The lowest BCUT2D eigenvalue weighted by molar-refractivity contribution is -0.318. The number of carbonyl (C=O) groups is 3. The standard InChI is InChI=1S/C60H100N6O18/c1-18-45-60(12,75)52(70)36(6)48(62-78-28-26-65(19-2)20-3)34(4)31-58(10,74)53(84-57-50(69)44(63(13)14)29-35(5)79-57)37(7)51(38(8)56(73)81-45)83-47-32-59(11,76-17)54(39(9)80-47)82-46(67)23-24-61-25-27-77-40-21-22-43-41(30-40)49(68)42(55(71)72)33-66(43)64(15)16/h21-22,30,33-39,44-45,47,50-54,57,61,69-70,74-75H,18-20,23-29,31-32H2,1-17H3,(H,71,72)/b62-48+/t34-,35-,36+,37+,38-,39+,44+,45-,47+,50-,51+,52-,53-,54+,57+,58-,59-,60-/m1/s1. The molecule has 0 spiro atoms. The third-order valence-corrected chi connectivity index (χ3v) is 17.3. The van der Waals surface area contributed by atoms with Crippen molar-refractivity contribution in [1.29, 1.82) is 0 Å². The number of aliphatic hydroxyl groups is 4. The fourth-order valence-electron chi connectivity index (χ4n) is 12.3. The van der Waals surface area contributed by atoms with E-state index in [9.17, 15) is 44.7 Å². The first-order chi connectivity index (χ1) is 39.4. The molecule has 0 radical (unpaired) electrons. The highest BCUT2D eigenvalue weighted by Gasteiger charge is 2.54. The van der Waals surface area contributed by atoms with Crippen molar-refractivity contribution < 1.29 is 82.6 Å². The van der Waals surface area contributed by atoms with Crippen molar-refractivity contribution in [1.82, 2.24) is 19.8 Å². The molecule has 0 amide bonds. The van der Waals surface area contributed by atoms with Gasteiger partial charge in [-0.15, -0.1) is 0 Å². The van der Waals surface area contributed by atoms with Crippen molar-refractivity contribution in [3.63, 3.8) is 0 Å². The van der Waals surface area contributed by atoms with E-state index in [0.29, 0.717) is 36.5 Å². The van der Waals surface area contributed by atoms with Crippen LogP contribution in [0.1, 0.15) is 126 Å². The number of methoxy groups -OCH3 is 1. The summed E-state index contributed by atoms with van der Waals surface area (Å²) in [6, 6.07) is 4.50. The van der Waals surface area contributed by atoms with Gasteiger partial charge in [-0.1, -0.05) is 46.7 Å². The molecule has 0 unspecified atom stereocenters. The summed E-state index contributed by atoms with van der Waals surface area (Å²) >= 11 is 0. The summed E-state index contributed by atoms with van der Waals surface area (Å²) in [6.45, 7) is 24.3. The summed E-state index contributed by atoms with van der Waals surface area (Å²) in [7, 11) is 8.65. The molecule has 3 saturated heterocycles. The topological polar surface area (TPSA) is 292 Å². The predicted molar refractivity (Wildman–Crippen MR) is 315 cm³/mol. The van der Waals surface area contributed by atoms with E-state index < -0.39 is 119 Å². The number of fused-ring (bicyclic) bond motifs is 1. The maximum Gasteiger partial charge on any atom is 0.341 e. The lowest BCUT2D eigenvalue weighted by Gasteiger charge is -2.49. The van der Waals surface area contributed by atoms with Crippen molar-refractivity contribution >= 4 is 34.5 Å². The number of nitrogens with zero attached hydrogens (tertiary/aromatic N) is 5. The van der Waals surface area contributed by atoms with Gasteiger partial charge in [-0.05, 0) is 106 Å². The van der Waals surface area contributed by atoms with E-state index in [0.717, 1.165) is 13.1 Å². The molecule has 18 atom stereocenters. The van der Waals surface area contributed by atoms with E-state index in [2.05, 4.69) is 15.4 Å². The van der Waals surface area contributed by atoms with Crippen LogP contribution in [-0.2, 0) is 47.6 Å². The Morgan fingerprint density at radius 2 is 1.57 bits per heavy atom. The molecule has 2 aromatic rings. The average Bonchev–Trinajstić information content (AvgIpc) is 2.25. The lowest BCUT2D eigenvalue weighted by atomic mass is 9.73. The zero-order chi connectivity index (χ0) is 62.8. The van der Waals surface area contributed by atoms with Crippen LogP contribution in [-0.4, -0.2) is 229 Å². The first kappa shape index (κ1) is 70.2. The van der Waals surface area contributed by atoms with Gasteiger partial charge in [0.1, 0.15) is 47.9 Å². The van der Waals surface area contributed by atoms with Gasteiger partial charge in [0.05, 0.1) is 65.1 Å². The van der Waals surface area contributed by atoms with Gasteiger partial charge in [-0.25, -0.2) is 4.79 Å². The van der Waals surface area contributed by atoms with Crippen LogP contribution >= 0.6 is 0 Å². The molecule has 84 heavy (non-hydrogen) atoms. The summed E-state index contributed by atoms with van der Waals surface area (Å²) in [5.74, 6) is -5.86. The number of rotatable bonds is 23. The molecule has 0 aliphatic carbocycles. The van der Waals surface area contributed by atoms with Crippen molar-refractivity contribution in [3.8, 4) is 5.75 Å². The van der Waals surface area contributed by atoms with Crippen molar-refractivity contribution in [2.24, 2.45) is 28.8 Å². The predicted octanol–water partition coefficient (Wildman–Crippen LogP) is 3.75. The van der Waals surface area contributed by atoms with E-state index in [4.69, 9.17) is 42.7 Å². The molecule has 5 rings (SSSR count). The van der Waals surface area contributed by atoms with Gasteiger partial charge in [0.25, 0.3) is 0 Å². The van der Waals surface area contributed by atoms with E-state index in [1.807, 2.05) is 46.7 Å². The monoisotopic (exact) mass is 1190 g/mol. The summed E-state index contributed by atoms with van der Waals surface area (Å²) in [6.07, 6.45) is -8.98. The number of benzene rings is 1. The number of oxime groups is 1. The summed E-state index contributed by atoms with van der Waals surface area (Å²) < 4.78 is 52.6. The summed E-state index contributed by atoms with van der Waals surface area (Å²) in [5.41, 5.74) is -5.17. The van der Waals surface area contributed by atoms with E-state index in [1.165, 1.54) is 26.3 Å². The molecule has 0 saturated carbocycles. The number of pyridine rings is 1. The highest BCUT2D eigenvalue weighted by molar-refractivity contribution is 5.93. The normalized spacial score (nSPS) is 35.2. The minimum Gasteiger partial charge on any atom is -0.492 e. The van der Waals surface area contributed by atoms with E-state index in [1.54, 1.807) is 84.4 Å². The van der Waals surface area contributed by atoms with Crippen LogP contribution in [0, 0.1) is 23.7 Å². The van der Waals surface area contributed by atoms with Crippen LogP contribution in [0.25, 0.3) is 10.9 Å². The third-order valence-electron chi connectivity index (χ3n) is 17.3. The molecule has 24 nitrogen and oxygen atoms in total. The van der Waals surface area contributed by atoms with Gasteiger partial charge < -0.3 is 88.4 Å². The fourth-order valence-corrected chi connectivity index (χ4v) is 12.3. The molecular formula is C60H100N6O18. The minimum absolute atomic E-state index is 0.00234. The summed E-state index contributed by atoms with van der Waals surface area (Å²) in [4.78, 5) is 63.2. The van der Waals surface area contributed by atoms with Crippen molar-refractivity contribution in [3.05, 3.63) is 40.2 Å². The van der Waals surface area contributed by atoms with Crippen LogP contribution < -0.4 is 20.5 Å². The Hall–Kier alpha value is -4.57. The SMILES string of the molecule is CC[C@H]1OC(=O)[C@H](C)[C@@H](O[C@H]2C[C@@](C)(OC)[C@@H](OC(=O)CCNCCOc3ccc4c(c3)c(=O)c(C(=O)O)cn4N(C)C)[C@H](C)O2)[C@H](C)[C@@H](O[C@@H]2O[C@H](C)C[C@H](N(C)C)[C@H]2O)[C@](C)(O)C[C@@H](C)/C(=N\OCCN(CC)CC)[C@H](C)[C@@H](O)[C@]1(C)O. The second kappa shape index (κ2) is 30.4. The number of likely N-dealkylation sites (N-methyl/N-ethyl adjacent to an activating group) is 2. The Morgan fingerprint density at radius 1 is 0.893 bits per heavy atom. The molecular weight excluding hydrogens is 1090 g/mol. The first-order valence-electron chi connectivity index (χ1n) is 29.8. The molecule has 0 bridgehead atoms. The molecule has 6 N–H and O–H groups in total. The molecule has 3 aliphatic rings. The number of ether oxygens (including phenoxy) is 8. The van der Waals surface area contributed by atoms with Crippen LogP contribution in [0.15, 0.2) is 34.3 Å². The number of esters is 2. The number of hydrogen-bond donors (Lipinski definition) is 6. The minimum atomic E-state index is -2.00. The number of aromatic carboxylic acids is 1. The van der Waals surface area contributed by atoms with Gasteiger partial charge in [-0.2, -0.15) is 0 Å². The number of carboxylic acid groups (broad SMARTS) is 1. The Morgan fingerprint density at radius 3 is 2.18 bits per heavy atom. The zero-order valence-electron chi connectivity index (χ0n) is 52.7. The van der Waals surface area contributed by atoms with Crippen LogP contribution in [0.4, 0.5) is 0 Å². The lowest BCUT2D eigenvalue weighted by Crippen LogP contribution is -2.61. The number of aliphatic hydroxyl groups excluding tert-OH is 2. The van der Waals surface area contributed by atoms with Gasteiger partial charge in [0.2, 0.25) is 5.43 Å². The van der Waals surface area contributed by atoms with Crippen LogP contribution in [0.5, 0.6) is 5.75 Å². The number of carboxylic acids is 1. The molecule has 3 fully saturated rings. The van der Waals surface area contributed by atoms with Crippen molar-refractivity contribution in [2.45, 2.75) is 199 Å². The number of hydrogen-bond acceptors (Lipinski definition) is 22. The van der Waals surface area contributed by atoms with Gasteiger partial charge in [0, 0.05) is 77.3 Å². The number of aromatic nitrogens is 1. The average molecular weight is 1190 g/mol. The molecule has 3 aliphatic heterocycles. The van der Waals surface area contributed by atoms with E-state index in [-0.39, 0.29) is 68.5 Å². The molecule has 1 aromatic heterocycles. The zero-order valence-corrected chi connectivity index (χ0v) is 52.7. The summed E-state index contributed by atoms with van der Waals surface area (Å²) in [5, 5.41) is 68.6. The quantitative estimate of drug-likeness (QED) is 0.0525. The smallest absolute Gasteiger partial charge is 0.341 e. The Bertz CT molecular complexity index is 2560. The first-order valence-corrected chi connectivity index (χ1v) is 29.8. The van der Waals surface area contributed by atoms with Gasteiger partial charge >= 0.3 is 17.9 Å². The number of cyclic esters (lactones) is 1. The Kier molecular flexibility index (Phi) is 25.4. The van der Waals surface area contributed by atoms with Crippen LogP contribution in [0.3, 0.4) is 0 Å². The third kappa shape index (κ3) is 16.9. The largest absolute Gasteiger partial charge is 0.492 e. The Balaban J connectivity index is 1.39. The second-order valence-electron chi connectivity index (χ2n) is 24.3. The fraction of sp³-hybridized carbons (Fsp3) is 0.783. The highest BCUT2D eigenvalue weighted by atomic mass is 16.7. The second-order valence-corrected chi connectivity index (χ2v) is 24.3. The number of carbonyl (C=O) groups excluding carboxylic acids is 2. The van der Waals surface area contributed by atoms with Gasteiger partial charge in [0.15, 0.2) is 18.7 Å². The molecule has 24 heteroatoms. The molecule has 4 heterocycles. The van der Waals surface area contributed by atoms with E-state index >= 15 is 0 Å². The maximum atomic E-state index is 14.8. The molecule has 478 valence electrons. The van der Waals surface area contributed by atoms with Gasteiger partial charge in [-0.3, -0.25) is 19.1 Å². The van der Waals surface area contributed by atoms with Crippen molar-refractivity contribution in [2.75, 3.05) is 86.2 Å².